The Morgan fingerprint density at radius 2 is 1.86 bits per heavy atom. The molecule has 6 nitrogen and oxygen atoms in total. The molecule has 1 unspecified atom stereocenters. The normalized spacial score (nSPS) is 15.9. The highest BCUT2D eigenvalue weighted by molar-refractivity contribution is 5.96. The number of benzene rings is 2. The molecule has 1 atom stereocenters. The Morgan fingerprint density at radius 1 is 1.14 bits per heavy atom. The first-order chi connectivity index (χ1) is 14.0. The summed E-state index contributed by atoms with van der Waals surface area (Å²) in [5, 5.41) is 15.0. The van der Waals surface area contributed by atoms with E-state index in [2.05, 4.69) is 21.6 Å². The largest absolute Gasteiger partial charge is 0.349 e. The van der Waals surface area contributed by atoms with Gasteiger partial charge >= 0.3 is 0 Å². The molecule has 0 saturated carbocycles. The zero-order valence-electron chi connectivity index (χ0n) is 16.8. The number of nitrogens with one attached hydrogen (secondary N) is 2. The van der Waals surface area contributed by atoms with Gasteiger partial charge in [-0.2, -0.15) is 5.26 Å². The SMILES string of the molecule is Cc1ccccc1C(=O)NC1CCN(C(C)C(=O)Nc2cccc(C#N)c2)CC1. The highest BCUT2D eigenvalue weighted by atomic mass is 16.2. The van der Waals surface area contributed by atoms with Crippen molar-refractivity contribution < 1.29 is 9.59 Å². The third-order valence-corrected chi connectivity index (χ3v) is 5.44. The van der Waals surface area contributed by atoms with Crippen molar-refractivity contribution in [1.29, 1.82) is 5.26 Å². The molecule has 1 fully saturated rings. The maximum atomic E-state index is 12.6. The second kappa shape index (κ2) is 9.35. The summed E-state index contributed by atoms with van der Waals surface area (Å²) >= 11 is 0. The van der Waals surface area contributed by atoms with E-state index < -0.39 is 0 Å². The minimum absolute atomic E-state index is 0.0373. The summed E-state index contributed by atoms with van der Waals surface area (Å²) in [6, 6.07) is 16.4. The fourth-order valence-electron chi connectivity index (χ4n) is 3.60. The van der Waals surface area contributed by atoms with Crippen molar-refractivity contribution in [3.63, 3.8) is 0 Å². The summed E-state index contributed by atoms with van der Waals surface area (Å²) in [6.45, 7) is 5.30. The van der Waals surface area contributed by atoms with Gasteiger partial charge in [-0.15, -0.1) is 0 Å². The highest BCUT2D eigenvalue weighted by Crippen LogP contribution is 2.17. The van der Waals surface area contributed by atoms with Crippen molar-refractivity contribution >= 4 is 17.5 Å². The number of rotatable bonds is 5. The number of carbonyl (C=O) groups is 2. The van der Waals surface area contributed by atoms with Crippen molar-refractivity contribution in [2.24, 2.45) is 0 Å². The average molecular weight is 390 g/mol. The molecular formula is C23H26N4O2. The molecule has 0 bridgehead atoms. The Hall–Kier alpha value is -3.17. The number of amides is 2. The molecule has 1 saturated heterocycles. The Labute approximate surface area is 171 Å². The van der Waals surface area contributed by atoms with Crippen LogP contribution in [-0.2, 0) is 4.79 Å². The van der Waals surface area contributed by atoms with Crippen LogP contribution in [0.2, 0.25) is 0 Å². The van der Waals surface area contributed by atoms with E-state index in [1.807, 2.05) is 38.1 Å². The van der Waals surface area contributed by atoms with Crippen molar-refractivity contribution in [2.75, 3.05) is 18.4 Å². The molecule has 0 spiro atoms. The van der Waals surface area contributed by atoms with Crippen molar-refractivity contribution in [1.82, 2.24) is 10.2 Å². The smallest absolute Gasteiger partial charge is 0.251 e. The van der Waals surface area contributed by atoms with Gasteiger partial charge in [0.15, 0.2) is 0 Å². The standard InChI is InChI=1S/C23H26N4O2/c1-16-6-3-4-9-21(16)23(29)25-19-10-12-27(13-11-19)17(2)22(28)26-20-8-5-7-18(14-20)15-24/h3-9,14,17,19H,10-13H2,1-2H3,(H,25,29)(H,26,28). The van der Waals surface area contributed by atoms with Crippen LogP contribution >= 0.6 is 0 Å². The van der Waals surface area contributed by atoms with Crippen LogP contribution < -0.4 is 10.6 Å². The lowest BCUT2D eigenvalue weighted by Gasteiger charge is -2.35. The second-order valence-electron chi connectivity index (χ2n) is 7.46. The fraction of sp³-hybridized carbons (Fsp3) is 0.348. The van der Waals surface area contributed by atoms with Crippen LogP contribution in [-0.4, -0.2) is 41.9 Å². The van der Waals surface area contributed by atoms with Crippen molar-refractivity contribution in [3.05, 3.63) is 65.2 Å². The Balaban J connectivity index is 1.50. The molecule has 1 heterocycles. The topological polar surface area (TPSA) is 85.2 Å². The van der Waals surface area contributed by atoms with E-state index >= 15 is 0 Å². The molecule has 0 aliphatic carbocycles. The van der Waals surface area contributed by atoms with Crippen LogP contribution in [0.25, 0.3) is 0 Å². The van der Waals surface area contributed by atoms with Gasteiger partial charge in [0.25, 0.3) is 5.91 Å². The lowest BCUT2D eigenvalue weighted by molar-refractivity contribution is -0.121. The van der Waals surface area contributed by atoms with Gasteiger partial charge in [-0.25, -0.2) is 0 Å². The summed E-state index contributed by atoms with van der Waals surface area (Å²) < 4.78 is 0. The zero-order chi connectivity index (χ0) is 20.8. The molecule has 29 heavy (non-hydrogen) atoms. The molecule has 2 aromatic carbocycles. The Kier molecular flexibility index (Phi) is 6.63. The molecule has 2 amide bonds. The number of likely N-dealkylation sites (tertiary alicyclic amines) is 1. The summed E-state index contributed by atoms with van der Waals surface area (Å²) in [7, 11) is 0. The zero-order valence-corrected chi connectivity index (χ0v) is 16.8. The predicted octanol–water partition coefficient (Wildman–Crippen LogP) is 3.09. The molecule has 6 heteroatoms. The van der Waals surface area contributed by atoms with Crippen LogP contribution in [0.4, 0.5) is 5.69 Å². The molecule has 0 radical (unpaired) electrons. The third kappa shape index (κ3) is 5.21. The number of hydrogen-bond acceptors (Lipinski definition) is 4. The lowest BCUT2D eigenvalue weighted by atomic mass is 10.0. The quantitative estimate of drug-likeness (QED) is 0.822. The van der Waals surface area contributed by atoms with Gasteiger partial charge in [0.2, 0.25) is 5.91 Å². The van der Waals surface area contributed by atoms with Gasteiger partial charge in [-0.05, 0) is 56.5 Å². The van der Waals surface area contributed by atoms with Crippen molar-refractivity contribution in [3.8, 4) is 6.07 Å². The van der Waals surface area contributed by atoms with E-state index in [-0.39, 0.29) is 23.9 Å². The number of aryl methyl sites for hydroxylation is 1. The first kappa shape index (κ1) is 20.6. The maximum absolute atomic E-state index is 12.6. The third-order valence-electron chi connectivity index (χ3n) is 5.44. The summed E-state index contributed by atoms with van der Waals surface area (Å²) in [5.41, 5.74) is 2.82. The monoisotopic (exact) mass is 390 g/mol. The first-order valence-electron chi connectivity index (χ1n) is 9.89. The minimum Gasteiger partial charge on any atom is -0.349 e. The van der Waals surface area contributed by atoms with Crippen LogP contribution in [0, 0.1) is 18.3 Å². The number of nitriles is 1. The molecule has 2 N–H and O–H groups in total. The molecule has 1 aliphatic heterocycles. The number of nitrogens with zero attached hydrogens (tertiary/aromatic N) is 2. The van der Waals surface area contributed by atoms with Crippen molar-refractivity contribution in [2.45, 2.75) is 38.8 Å². The predicted molar refractivity (Wildman–Crippen MR) is 112 cm³/mol. The van der Waals surface area contributed by atoms with E-state index in [1.54, 1.807) is 24.3 Å². The Bertz CT molecular complexity index is 926. The van der Waals surface area contributed by atoms with Crippen LogP contribution in [0.15, 0.2) is 48.5 Å². The van der Waals surface area contributed by atoms with Gasteiger partial charge in [0.05, 0.1) is 17.7 Å². The Morgan fingerprint density at radius 3 is 2.55 bits per heavy atom. The average Bonchev–Trinajstić information content (AvgIpc) is 2.74. The maximum Gasteiger partial charge on any atom is 0.251 e. The molecule has 150 valence electrons. The molecule has 0 aromatic heterocycles. The summed E-state index contributed by atoms with van der Waals surface area (Å²) in [6.07, 6.45) is 1.61. The minimum atomic E-state index is -0.284. The molecule has 3 rings (SSSR count). The van der Waals surface area contributed by atoms with E-state index in [0.717, 1.165) is 31.5 Å². The summed E-state index contributed by atoms with van der Waals surface area (Å²) in [5.74, 6) is -0.132. The molecule has 1 aliphatic rings. The number of anilines is 1. The lowest BCUT2D eigenvalue weighted by Crippen LogP contribution is -2.50. The van der Waals surface area contributed by atoms with E-state index in [0.29, 0.717) is 16.8 Å². The van der Waals surface area contributed by atoms with E-state index in [1.165, 1.54) is 0 Å². The molecular weight excluding hydrogens is 364 g/mol. The highest BCUT2D eigenvalue weighted by Gasteiger charge is 2.27. The number of hydrogen-bond donors (Lipinski definition) is 2. The first-order valence-corrected chi connectivity index (χ1v) is 9.89. The van der Waals surface area contributed by atoms with Gasteiger partial charge in [0.1, 0.15) is 0 Å². The number of carbonyl (C=O) groups excluding carboxylic acids is 2. The van der Waals surface area contributed by atoms with Gasteiger partial charge in [-0.1, -0.05) is 24.3 Å². The van der Waals surface area contributed by atoms with Crippen LogP contribution in [0.1, 0.15) is 41.3 Å². The summed E-state index contributed by atoms with van der Waals surface area (Å²) in [4.78, 5) is 27.2. The van der Waals surface area contributed by atoms with Gasteiger partial charge < -0.3 is 10.6 Å². The van der Waals surface area contributed by atoms with E-state index in [9.17, 15) is 9.59 Å². The fourth-order valence-corrected chi connectivity index (χ4v) is 3.60. The molecule has 2 aromatic rings. The van der Waals surface area contributed by atoms with E-state index in [4.69, 9.17) is 5.26 Å². The van der Waals surface area contributed by atoms with Gasteiger partial charge in [0, 0.05) is 30.4 Å². The van der Waals surface area contributed by atoms with Crippen LogP contribution in [0.5, 0.6) is 0 Å². The van der Waals surface area contributed by atoms with Gasteiger partial charge in [-0.3, -0.25) is 14.5 Å². The van der Waals surface area contributed by atoms with Crippen LogP contribution in [0.3, 0.4) is 0 Å². The second-order valence-corrected chi connectivity index (χ2v) is 7.46. The number of piperidine rings is 1.